The predicted molar refractivity (Wildman–Crippen MR) is 160 cm³/mol. The van der Waals surface area contributed by atoms with Crippen LogP contribution in [0.15, 0.2) is 78.9 Å². The van der Waals surface area contributed by atoms with Crippen LogP contribution in [0.1, 0.15) is 95.8 Å². The van der Waals surface area contributed by atoms with Gasteiger partial charge < -0.3 is 19.5 Å². The van der Waals surface area contributed by atoms with Gasteiger partial charge in [-0.1, -0.05) is 74.9 Å². The van der Waals surface area contributed by atoms with E-state index >= 15 is 0 Å². The Balaban J connectivity index is 1.50. The van der Waals surface area contributed by atoms with Gasteiger partial charge in [0.1, 0.15) is 11.5 Å². The first-order valence-electron chi connectivity index (χ1n) is 14.6. The lowest BCUT2D eigenvalue weighted by atomic mass is 10.1. The van der Waals surface area contributed by atoms with Gasteiger partial charge in [0.15, 0.2) is 0 Å². The van der Waals surface area contributed by atoms with Crippen LogP contribution in [0.25, 0.3) is 0 Å². The Bertz CT molecular complexity index is 1290. The van der Waals surface area contributed by atoms with Gasteiger partial charge in [0.25, 0.3) is 5.91 Å². The first-order valence-corrected chi connectivity index (χ1v) is 14.6. The van der Waals surface area contributed by atoms with Crippen molar-refractivity contribution in [3.05, 3.63) is 95.6 Å². The average Bonchev–Trinajstić information content (AvgIpc) is 3.01. The largest absolute Gasteiger partial charge is 0.466 e. The number of esters is 3. The topological polar surface area (TPSA) is 108 Å². The molecule has 0 bridgehead atoms. The third kappa shape index (κ3) is 11.2. The fourth-order valence-corrected chi connectivity index (χ4v) is 4.30. The molecule has 1 amide bonds. The molecule has 3 aromatic carbocycles. The summed E-state index contributed by atoms with van der Waals surface area (Å²) in [5.41, 5.74) is 0.822. The second kappa shape index (κ2) is 18.1. The van der Waals surface area contributed by atoms with Crippen molar-refractivity contribution in [3.8, 4) is 11.5 Å². The van der Waals surface area contributed by atoms with Crippen LogP contribution in [0.2, 0.25) is 0 Å². The predicted octanol–water partition coefficient (Wildman–Crippen LogP) is 6.93. The number of unbranched alkanes of at least 4 members (excludes halogenated alkanes) is 7. The van der Waals surface area contributed by atoms with E-state index in [4.69, 9.17) is 14.2 Å². The van der Waals surface area contributed by atoms with Crippen molar-refractivity contribution in [2.45, 2.75) is 64.7 Å². The van der Waals surface area contributed by atoms with Crippen molar-refractivity contribution in [1.29, 1.82) is 0 Å². The number of hydrogen-bond acceptors (Lipinski definition) is 7. The monoisotopic (exact) mass is 573 g/mol. The molecule has 1 N–H and O–H groups in total. The quantitative estimate of drug-likeness (QED) is 0.106. The summed E-state index contributed by atoms with van der Waals surface area (Å²) in [5, 5.41) is 2.89. The minimum absolute atomic E-state index is 0.0730. The highest BCUT2D eigenvalue weighted by Crippen LogP contribution is 2.26. The summed E-state index contributed by atoms with van der Waals surface area (Å²) in [6, 6.07) is 21.4. The summed E-state index contributed by atoms with van der Waals surface area (Å²) in [6.45, 7) is 2.70. The highest BCUT2D eigenvalue weighted by atomic mass is 16.5. The Morgan fingerprint density at radius 2 is 1.19 bits per heavy atom. The van der Waals surface area contributed by atoms with E-state index in [1.165, 1.54) is 18.2 Å². The summed E-state index contributed by atoms with van der Waals surface area (Å²) < 4.78 is 16.0. The van der Waals surface area contributed by atoms with E-state index in [-0.39, 0.29) is 23.0 Å². The van der Waals surface area contributed by atoms with Gasteiger partial charge in [-0.05, 0) is 62.2 Å². The first kappa shape index (κ1) is 32.1. The molecule has 0 spiro atoms. The van der Waals surface area contributed by atoms with Gasteiger partial charge in [-0.25, -0.2) is 9.59 Å². The molecule has 8 nitrogen and oxygen atoms in total. The highest BCUT2D eigenvalue weighted by Gasteiger charge is 2.19. The first-order chi connectivity index (χ1) is 20.5. The summed E-state index contributed by atoms with van der Waals surface area (Å²) in [6.07, 6.45) is 8.49. The van der Waals surface area contributed by atoms with Gasteiger partial charge >= 0.3 is 17.9 Å². The fourth-order valence-electron chi connectivity index (χ4n) is 4.30. The van der Waals surface area contributed by atoms with Crippen LogP contribution in [0, 0.1) is 0 Å². The lowest BCUT2D eigenvalue weighted by Crippen LogP contribution is -2.25. The lowest BCUT2D eigenvalue weighted by Gasteiger charge is -2.13. The Morgan fingerprint density at radius 3 is 1.79 bits per heavy atom. The number of nitrogens with one attached hydrogen (secondary N) is 1. The molecule has 8 heteroatoms. The van der Waals surface area contributed by atoms with Crippen molar-refractivity contribution in [1.82, 2.24) is 5.32 Å². The SMILES string of the molecule is CCOC(=O)CCCCCCCCCCNC(=O)c1cc(OC(=O)c2ccccc2)ccc1OC(=O)c1ccccc1. The van der Waals surface area contributed by atoms with Crippen molar-refractivity contribution in [3.63, 3.8) is 0 Å². The zero-order chi connectivity index (χ0) is 30.0. The Hall–Kier alpha value is -4.46. The van der Waals surface area contributed by atoms with Crippen LogP contribution in [-0.4, -0.2) is 37.0 Å². The molecular weight excluding hydrogens is 534 g/mol. The smallest absolute Gasteiger partial charge is 0.343 e. The maximum absolute atomic E-state index is 13.1. The summed E-state index contributed by atoms with van der Waals surface area (Å²) in [4.78, 5) is 49.7. The van der Waals surface area contributed by atoms with Gasteiger partial charge in [0.05, 0.1) is 23.3 Å². The molecule has 0 unspecified atom stereocenters. The average molecular weight is 574 g/mol. The van der Waals surface area contributed by atoms with Gasteiger partial charge in [0, 0.05) is 13.0 Å². The molecule has 0 aliphatic carbocycles. The number of hydrogen-bond donors (Lipinski definition) is 1. The number of carbonyl (C=O) groups is 4. The van der Waals surface area contributed by atoms with Crippen LogP contribution in [-0.2, 0) is 9.53 Å². The molecule has 3 aromatic rings. The van der Waals surface area contributed by atoms with Crippen LogP contribution in [0.5, 0.6) is 11.5 Å². The van der Waals surface area contributed by atoms with Crippen LogP contribution >= 0.6 is 0 Å². The van der Waals surface area contributed by atoms with Crippen LogP contribution in [0.4, 0.5) is 0 Å². The van der Waals surface area contributed by atoms with E-state index in [1.54, 1.807) is 60.7 Å². The molecule has 0 radical (unpaired) electrons. The second-order valence-electron chi connectivity index (χ2n) is 9.81. The van der Waals surface area contributed by atoms with Crippen LogP contribution < -0.4 is 14.8 Å². The van der Waals surface area contributed by atoms with Crippen molar-refractivity contribution < 1.29 is 33.4 Å². The van der Waals surface area contributed by atoms with Gasteiger partial charge in [0.2, 0.25) is 0 Å². The molecule has 0 fully saturated rings. The van der Waals surface area contributed by atoms with E-state index in [9.17, 15) is 19.2 Å². The zero-order valence-corrected chi connectivity index (χ0v) is 24.1. The van der Waals surface area contributed by atoms with E-state index in [2.05, 4.69) is 5.32 Å². The third-order valence-corrected chi connectivity index (χ3v) is 6.53. The van der Waals surface area contributed by atoms with Gasteiger partial charge in [-0.2, -0.15) is 0 Å². The molecule has 222 valence electrons. The minimum atomic E-state index is -0.598. The summed E-state index contributed by atoms with van der Waals surface area (Å²) >= 11 is 0. The number of rotatable bonds is 17. The molecule has 0 saturated carbocycles. The van der Waals surface area contributed by atoms with Crippen LogP contribution in [0.3, 0.4) is 0 Å². The van der Waals surface area contributed by atoms with E-state index < -0.39 is 17.8 Å². The normalized spacial score (nSPS) is 10.5. The zero-order valence-electron chi connectivity index (χ0n) is 24.1. The Kier molecular flexibility index (Phi) is 13.8. The molecule has 3 rings (SSSR count). The summed E-state index contributed by atoms with van der Waals surface area (Å²) in [7, 11) is 0. The van der Waals surface area contributed by atoms with E-state index in [0.717, 1.165) is 51.4 Å². The van der Waals surface area contributed by atoms with E-state index in [0.29, 0.717) is 30.7 Å². The molecular formula is C34H39NO7. The van der Waals surface area contributed by atoms with Gasteiger partial charge in [-0.3, -0.25) is 9.59 Å². The van der Waals surface area contributed by atoms with Gasteiger partial charge in [-0.15, -0.1) is 0 Å². The van der Waals surface area contributed by atoms with Crippen molar-refractivity contribution in [2.75, 3.05) is 13.2 Å². The fraction of sp³-hybridized carbons (Fsp3) is 0.353. The number of carbonyl (C=O) groups excluding carboxylic acids is 4. The molecule has 0 aromatic heterocycles. The van der Waals surface area contributed by atoms with E-state index in [1.807, 2.05) is 6.92 Å². The number of ether oxygens (including phenoxy) is 3. The molecule has 0 aliphatic heterocycles. The molecule has 0 heterocycles. The Labute approximate surface area is 247 Å². The highest BCUT2D eigenvalue weighted by molar-refractivity contribution is 6.00. The van der Waals surface area contributed by atoms with Crippen molar-refractivity contribution in [2.24, 2.45) is 0 Å². The molecule has 42 heavy (non-hydrogen) atoms. The third-order valence-electron chi connectivity index (χ3n) is 6.53. The van der Waals surface area contributed by atoms with Crippen molar-refractivity contribution >= 4 is 23.8 Å². The lowest BCUT2D eigenvalue weighted by molar-refractivity contribution is -0.143. The number of amides is 1. The second-order valence-corrected chi connectivity index (χ2v) is 9.81. The number of benzene rings is 3. The molecule has 0 atom stereocenters. The maximum Gasteiger partial charge on any atom is 0.343 e. The summed E-state index contributed by atoms with van der Waals surface area (Å²) in [5.74, 6) is -1.47. The molecule has 0 aliphatic rings. The Morgan fingerprint density at radius 1 is 0.643 bits per heavy atom. The maximum atomic E-state index is 13.1. The molecule has 0 saturated heterocycles. The standard InChI is InChI=1S/C34H39NO7/c1-2-40-31(36)21-15-7-5-3-4-6-8-16-24-35-32(37)29-25-28(41-33(38)26-17-11-9-12-18-26)22-23-30(29)42-34(39)27-19-13-10-14-20-27/h9-14,17-20,22-23,25H,2-8,15-16,21,24H2,1H3,(H,35,37). The minimum Gasteiger partial charge on any atom is -0.466 e.